The number of hydrogen-bond donors (Lipinski definition) is 3. The van der Waals surface area contributed by atoms with Crippen LogP contribution in [0.25, 0.3) is 0 Å². The van der Waals surface area contributed by atoms with Crippen LogP contribution in [-0.4, -0.2) is 59.8 Å². The third-order valence-electron chi connectivity index (χ3n) is 2.77. The second-order valence-corrected chi connectivity index (χ2v) is 4.28. The summed E-state index contributed by atoms with van der Waals surface area (Å²) in [6, 6.07) is 0.0815. The van der Waals surface area contributed by atoms with E-state index in [2.05, 4.69) is 5.32 Å². The number of primary amides is 1. The van der Waals surface area contributed by atoms with Crippen molar-refractivity contribution in [3.05, 3.63) is 0 Å². The first-order chi connectivity index (χ1) is 9.43. The Labute approximate surface area is 115 Å². The number of rotatable bonds is 5. The highest BCUT2D eigenvalue weighted by Crippen LogP contribution is 2.06. The molecule has 1 aliphatic heterocycles. The van der Waals surface area contributed by atoms with Crippen molar-refractivity contribution >= 4 is 17.9 Å². The number of nitrogens with one attached hydrogen (secondary N) is 1. The van der Waals surface area contributed by atoms with Gasteiger partial charge in [-0.05, 0) is 6.42 Å². The number of hydrogen-bond acceptors (Lipinski definition) is 5. The van der Waals surface area contributed by atoms with Gasteiger partial charge in [0.15, 0.2) is 6.10 Å². The highest BCUT2D eigenvalue weighted by atomic mass is 16.5. The lowest BCUT2D eigenvalue weighted by atomic mass is 10.1. The number of amides is 3. The van der Waals surface area contributed by atoms with Gasteiger partial charge in [-0.15, -0.1) is 0 Å². The fraction of sp³-hybridized carbons (Fsp3) is 0.636. The van der Waals surface area contributed by atoms with Gasteiger partial charge in [-0.2, -0.15) is 5.26 Å². The maximum Gasteiger partial charge on any atom is 0.326 e. The highest BCUT2D eigenvalue weighted by molar-refractivity contribution is 5.83. The molecule has 2 atom stereocenters. The molecule has 0 radical (unpaired) electrons. The molecule has 1 aliphatic rings. The van der Waals surface area contributed by atoms with E-state index in [0.29, 0.717) is 0 Å². The van der Waals surface area contributed by atoms with Gasteiger partial charge in [0.25, 0.3) is 0 Å². The summed E-state index contributed by atoms with van der Waals surface area (Å²) in [5.41, 5.74) is 4.94. The number of ether oxygens (including phenoxy) is 1. The van der Waals surface area contributed by atoms with Crippen LogP contribution >= 0.6 is 0 Å². The van der Waals surface area contributed by atoms with E-state index >= 15 is 0 Å². The number of nitrogens with two attached hydrogens (primary N) is 1. The molecule has 1 saturated heterocycles. The fourth-order valence-corrected chi connectivity index (χ4v) is 1.70. The van der Waals surface area contributed by atoms with Crippen molar-refractivity contribution in [2.24, 2.45) is 5.73 Å². The number of carbonyl (C=O) groups excluding carboxylic acids is 2. The first-order valence-electron chi connectivity index (χ1n) is 6.01. The predicted octanol–water partition coefficient (Wildman–Crippen LogP) is -1.36. The van der Waals surface area contributed by atoms with Crippen LogP contribution in [0.1, 0.15) is 12.8 Å². The van der Waals surface area contributed by atoms with Gasteiger partial charge in [-0.1, -0.05) is 0 Å². The monoisotopic (exact) mass is 284 g/mol. The van der Waals surface area contributed by atoms with Crippen molar-refractivity contribution in [3.8, 4) is 6.07 Å². The van der Waals surface area contributed by atoms with Gasteiger partial charge in [0.1, 0.15) is 6.04 Å². The molecule has 0 aromatic carbocycles. The third-order valence-corrected chi connectivity index (χ3v) is 2.77. The lowest BCUT2D eigenvalue weighted by molar-refractivity contribution is -0.139. The van der Waals surface area contributed by atoms with Crippen molar-refractivity contribution in [2.45, 2.75) is 25.0 Å². The molecule has 4 N–H and O–H groups in total. The summed E-state index contributed by atoms with van der Waals surface area (Å²) in [5.74, 6) is -1.88. The van der Waals surface area contributed by atoms with Gasteiger partial charge in [0.05, 0.1) is 19.2 Å². The van der Waals surface area contributed by atoms with Crippen LogP contribution in [0.5, 0.6) is 0 Å². The van der Waals surface area contributed by atoms with Crippen LogP contribution in [0.2, 0.25) is 0 Å². The largest absolute Gasteiger partial charge is 0.480 e. The lowest BCUT2D eigenvalue weighted by Crippen LogP contribution is -2.53. The molecule has 0 aromatic rings. The number of carboxylic acid groups (broad SMARTS) is 1. The molecule has 0 spiro atoms. The van der Waals surface area contributed by atoms with E-state index in [-0.39, 0.29) is 32.5 Å². The van der Waals surface area contributed by atoms with E-state index in [1.54, 1.807) is 0 Å². The van der Waals surface area contributed by atoms with E-state index in [4.69, 9.17) is 20.8 Å². The van der Waals surface area contributed by atoms with Crippen molar-refractivity contribution in [1.29, 1.82) is 5.26 Å². The topological polar surface area (TPSA) is 146 Å². The molecule has 9 nitrogen and oxygen atoms in total. The highest BCUT2D eigenvalue weighted by Gasteiger charge is 2.27. The molecule has 20 heavy (non-hydrogen) atoms. The zero-order chi connectivity index (χ0) is 15.1. The lowest BCUT2D eigenvalue weighted by Gasteiger charge is -2.30. The summed E-state index contributed by atoms with van der Waals surface area (Å²) in [5, 5.41) is 20.0. The van der Waals surface area contributed by atoms with E-state index in [9.17, 15) is 14.4 Å². The molecule has 110 valence electrons. The molecule has 9 heteroatoms. The van der Waals surface area contributed by atoms with Gasteiger partial charge >= 0.3 is 12.0 Å². The fourth-order valence-electron chi connectivity index (χ4n) is 1.70. The number of carboxylic acids is 1. The van der Waals surface area contributed by atoms with Crippen LogP contribution in [-0.2, 0) is 14.3 Å². The first kappa shape index (κ1) is 15.7. The summed E-state index contributed by atoms with van der Waals surface area (Å²) in [6.07, 6.45) is -0.938. The molecule has 1 unspecified atom stereocenters. The third kappa shape index (κ3) is 4.74. The Morgan fingerprint density at radius 1 is 1.55 bits per heavy atom. The van der Waals surface area contributed by atoms with Crippen LogP contribution in [0.15, 0.2) is 0 Å². The summed E-state index contributed by atoms with van der Waals surface area (Å²) >= 11 is 0. The Morgan fingerprint density at radius 2 is 2.25 bits per heavy atom. The Hall–Kier alpha value is -2.34. The number of carbonyl (C=O) groups is 3. The molecule has 0 saturated carbocycles. The molecule has 1 heterocycles. The summed E-state index contributed by atoms with van der Waals surface area (Å²) < 4.78 is 5.08. The second kappa shape index (κ2) is 7.30. The van der Waals surface area contributed by atoms with E-state index in [1.165, 1.54) is 4.90 Å². The predicted molar refractivity (Wildman–Crippen MR) is 65.3 cm³/mol. The van der Waals surface area contributed by atoms with E-state index in [0.717, 1.165) is 0 Å². The standard InChI is InChI=1S/C11H16N4O5/c12-5-7-6-15(3-4-20-7)11(19)14-8(10(17)18)1-2-9(13)16/h7-8H,1-4,6H2,(H2,13,16)(H,14,19)(H,17,18)/t7?,8-/m1/s1. The number of nitrogens with zero attached hydrogens (tertiary/aromatic N) is 2. The Balaban J connectivity index is 2.55. The number of aliphatic carboxylic acids is 1. The van der Waals surface area contributed by atoms with Crippen molar-refractivity contribution in [1.82, 2.24) is 10.2 Å². The normalized spacial score (nSPS) is 19.8. The van der Waals surface area contributed by atoms with Crippen molar-refractivity contribution < 1.29 is 24.2 Å². The van der Waals surface area contributed by atoms with Crippen molar-refractivity contribution in [3.63, 3.8) is 0 Å². The van der Waals surface area contributed by atoms with Crippen molar-refractivity contribution in [2.75, 3.05) is 19.7 Å². The van der Waals surface area contributed by atoms with Gasteiger partial charge in [0, 0.05) is 13.0 Å². The van der Waals surface area contributed by atoms with Crippen LogP contribution < -0.4 is 11.1 Å². The average Bonchev–Trinajstić information content (AvgIpc) is 2.42. The molecule has 0 bridgehead atoms. The van der Waals surface area contributed by atoms with Gasteiger partial charge in [-0.25, -0.2) is 9.59 Å². The average molecular weight is 284 g/mol. The minimum Gasteiger partial charge on any atom is -0.480 e. The van der Waals surface area contributed by atoms with Gasteiger partial charge < -0.3 is 25.8 Å². The molecule has 0 aromatic heterocycles. The van der Waals surface area contributed by atoms with E-state index in [1.807, 2.05) is 6.07 Å². The molecule has 0 aliphatic carbocycles. The maximum absolute atomic E-state index is 11.9. The Bertz CT molecular complexity index is 433. The zero-order valence-corrected chi connectivity index (χ0v) is 10.7. The quantitative estimate of drug-likeness (QED) is 0.568. The number of nitriles is 1. The minimum atomic E-state index is -1.25. The van der Waals surface area contributed by atoms with Crippen LogP contribution in [0.3, 0.4) is 0 Å². The molecule has 1 fully saturated rings. The van der Waals surface area contributed by atoms with E-state index < -0.39 is 30.1 Å². The Morgan fingerprint density at radius 3 is 2.80 bits per heavy atom. The zero-order valence-electron chi connectivity index (χ0n) is 10.7. The summed E-state index contributed by atoms with van der Waals surface area (Å²) in [4.78, 5) is 34.8. The molecule has 1 rings (SSSR count). The van der Waals surface area contributed by atoms with Gasteiger partial charge in [0.2, 0.25) is 5.91 Å². The van der Waals surface area contributed by atoms with Crippen LogP contribution in [0.4, 0.5) is 4.79 Å². The molecular weight excluding hydrogens is 268 g/mol. The smallest absolute Gasteiger partial charge is 0.326 e. The number of morpholine rings is 1. The second-order valence-electron chi connectivity index (χ2n) is 4.28. The molecule has 3 amide bonds. The SMILES string of the molecule is N#CC1CN(C(=O)N[C@H](CCC(N)=O)C(=O)O)CCO1. The Kier molecular flexibility index (Phi) is 5.74. The maximum atomic E-state index is 11.9. The van der Waals surface area contributed by atoms with Gasteiger partial charge in [-0.3, -0.25) is 4.79 Å². The summed E-state index contributed by atoms with van der Waals surface area (Å²) in [7, 11) is 0. The first-order valence-corrected chi connectivity index (χ1v) is 6.01. The summed E-state index contributed by atoms with van der Waals surface area (Å²) in [6.45, 7) is 0.557. The minimum absolute atomic E-state index is 0.0739. The number of urea groups is 1. The molecular formula is C11H16N4O5. The van der Waals surface area contributed by atoms with Crippen LogP contribution in [0, 0.1) is 11.3 Å².